The SMILES string of the molecule is C=C(C)C(=O)ON(C)C(=O)C(F)(F)C(F)(F)C(F)(F)C(F)(F)C(F)(F)C(F)(F)C(F)(F)F. The number of alkyl halides is 15. The van der Waals surface area contributed by atoms with Gasteiger partial charge in [0.05, 0.1) is 0 Å². The number of rotatable bonds is 7. The van der Waals surface area contributed by atoms with Crippen molar-refractivity contribution in [2.75, 3.05) is 7.05 Å². The van der Waals surface area contributed by atoms with Crippen molar-refractivity contribution in [3.8, 4) is 0 Å². The first-order chi connectivity index (χ1) is 13.7. The first kappa shape index (κ1) is 29.6. The minimum atomic E-state index is -8.53. The zero-order valence-corrected chi connectivity index (χ0v) is 15.0. The van der Waals surface area contributed by atoms with Crippen LogP contribution in [0, 0.1) is 0 Å². The third-order valence-corrected chi connectivity index (χ3v) is 3.45. The third-order valence-electron chi connectivity index (χ3n) is 3.45. The van der Waals surface area contributed by atoms with Gasteiger partial charge in [-0.2, -0.15) is 70.9 Å². The van der Waals surface area contributed by atoms with Crippen LogP contribution in [0.3, 0.4) is 0 Å². The largest absolute Gasteiger partial charge is 0.460 e. The van der Waals surface area contributed by atoms with Gasteiger partial charge >= 0.3 is 53.6 Å². The molecule has 0 aromatic rings. The minimum Gasteiger partial charge on any atom is -0.333 e. The first-order valence-corrected chi connectivity index (χ1v) is 7.15. The number of hydrogen-bond donors (Lipinski definition) is 0. The number of amides is 1. The summed E-state index contributed by atoms with van der Waals surface area (Å²) in [6, 6.07) is 0. The molecule has 0 rings (SSSR count). The summed E-state index contributed by atoms with van der Waals surface area (Å²) in [6.07, 6.45) is -7.74. The van der Waals surface area contributed by atoms with E-state index in [9.17, 15) is 75.4 Å². The Bertz CT molecular complexity index is 771. The molecule has 19 heteroatoms. The summed E-state index contributed by atoms with van der Waals surface area (Å²) in [5.41, 5.74) is -0.731. The van der Waals surface area contributed by atoms with E-state index < -0.39 is 64.2 Å². The van der Waals surface area contributed by atoms with Gasteiger partial charge in [-0.05, 0) is 6.92 Å². The van der Waals surface area contributed by atoms with Crippen LogP contribution in [-0.2, 0) is 14.4 Å². The molecule has 0 aromatic heterocycles. The molecule has 0 aliphatic rings. The predicted molar refractivity (Wildman–Crippen MR) is 69.4 cm³/mol. The molecule has 0 heterocycles. The van der Waals surface area contributed by atoms with Crippen molar-refractivity contribution in [1.29, 1.82) is 0 Å². The fourth-order valence-electron chi connectivity index (χ4n) is 1.54. The van der Waals surface area contributed by atoms with Crippen LogP contribution in [0.2, 0.25) is 0 Å². The van der Waals surface area contributed by atoms with Crippen molar-refractivity contribution >= 4 is 11.9 Å². The maximum Gasteiger partial charge on any atom is 0.460 e. The molecule has 0 N–H and O–H groups in total. The molecule has 0 bridgehead atoms. The lowest BCUT2D eigenvalue weighted by Crippen LogP contribution is -2.74. The van der Waals surface area contributed by atoms with Crippen LogP contribution in [-0.4, -0.2) is 65.7 Å². The Morgan fingerprint density at radius 1 is 0.656 bits per heavy atom. The van der Waals surface area contributed by atoms with E-state index in [2.05, 4.69) is 11.4 Å². The maximum absolute atomic E-state index is 13.6. The summed E-state index contributed by atoms with van der Waals surface area (Å²) >= 11 is 0. The molecule has 188 valence electrons. The molecule has 0 saturated carbocycles. The molecular weight excluding hydrogens is 503 g/mol. The molecule has 1 amide bonds. The molecular formula is C13H8F15NO3. The van der Waals surface area contributed by atoms with Gasteiger partial charge in [-0.25, -0.2) is 4.79 Å². The number of hydrogen-bond acceptors (Lipinski definition) is 3. The van der Waals surface area contributed by atoms with E-state index >= 15 is 0 Å². The predicted octanol–water partition coefficient (Wildman–Crippen LogP) is 4.85. The van der Waals surface area contributed by atoms with Gasteiger partial charge in [-0.1, -0.05) is 6.58 Å². The van der Waals surface area contributed by atoms with E-state index in [0.29, 0.717) is 0 Å². The molecule has 0 fully saturated rings. The van der Waals surface area contributed by atoms with Gasteiger partial charge < -0.3 is 4.84 Å². The van der Waals surface area contributed by atoms with E-state index in [1.54, 1.807) is 0 Å². The molecule has 0 spiro atoms. The van der Waals surface area contributed by atoms with Crippen LogP contribution >= 0.6 is 0 Å². The summed E-state index contributed by atoms with van der Waals surface area (Å²) < 4.78 is 195. The number of hydroxylamine groups is 2. The van der Waals surface area contributed by atoms with E-state index in [1.807, 2.05) is 0 Å². The molecule has 0 radical (unpaired) electrons. The van der Waals surface area contributed by atoms with Crippen molar-refractivity contribution < 1.29 is 80.3 Å². The van der Waals surface area contributed by atoms with Gasteiger partial charge in [0.25, 0.3) is 0 Å². The van der Waals surface area contributed by atoms with Crippen molar-refractivity contribution in [3.05, 3.63) is 12.2 Å². The van der Waals surface area contributed by atoms with Gasteiger partial charge in [0.1, 0.15) is 0 Å². The number of carbonyl (C=O) groups excluding carboxylic acids is 2. The number of halogens is 15. The van der Waals surface area contributed by atoms with Gasteiger partial charge in [0.15, 0.2) is 0 Å². The molecule has 0 atom stereocenters. The quantitative estimate of drug-likeness (QED) is 0.279. The minimum absolute atomic E-state index is 0.157. The van der Waals surface area contributed by atoms with Crippen LogP contribution in [0.1, 0.15) is 6.92 Å². The smallest absolute Gasteiger partial charge is 0.333 e. The molecule has 0 aliphatic heterocycles. The van der Waals surface area contributed by atoms with Gasteiger partial charge in [0, 0.05) is 12.6 Å². The fourth-order valence-corrected chi connectivity index (χ4v) is 1.54. The van der Waals surface area contributed by atoms with Crippen LogP contribution in [0.25, 0.3) is 0 Å². The summed E-state index contributed by atoms with van der Waals surface area (Å²) in [5.74, 6) is -54.4. The fraction of sp³-hybridized carbons (Fsp3) is 0.692. The van der Waals surface area contributed by atoms with Crippen LogP contribution < -0.4 is 0 Å². The highest BCUT2D eigenvalue weighted by atomic mass is 19.4. The van der Waals surface area contributed by atoms with E-state index in [-0.39, 0.29) is 7.05 Å². The standard InChI is InChI=1S/C13H8F15NO3/c1-4(2)5(30)32-29(3)6(31)7(14,15)8(16,17)9(18,19)10(20,21)11(22,23)12(24,25)13(26,27)28/h1H2,2-3H3. The Kier molecular flexibility index (Phi) is 7.31. The second kappa shape index (κ2) is 7.89. The Morgan fingerprint density at radius 3 is 1.28 bits per heavy atom. The highest BCUT2D eigenvalue weighted by molar-refractivity contribution is 5.90. The summed E-state index contributed by atoms with van der Waals surface area (Å²) in [5, 5.41) is -1.25. The molecule has 32 heavy (non-hydrogen) atoms. The Morgan fingerprint density at radius 2 is 0.969 bits per heavy atom. The molecule has 0 unspecified atom stereocenters. The van der Waals surface area contributed by atoms with E-state index in [1.165, 1.54) is 0 Å². The molecule has 0 saturated heterocycles. The second-order valence-electron chi connectivity index (χ2n) is 5.91. The highest BCUT2D eigenvalue weighted by Crippen LogP contribution is 2.62. The topological polar surface area (TPSA) is 46.6 Å². The lowest BCUT2D eigenvalue weighted by molar-refractivity contribution is -0.450. The average molecular weight is 511 g/mol. The maximum atomic E-state index is 13.6. The number of nitrogens with zero attached hydrogens (tertiary/aromatic N) is 1. The molecule has 4 nitrogen and oxygen atoms in total. The lowest BCUT2D eigenvalue weighted by atomic mass is 9.91. The Hall–Kier alpha value is -2.37. The normalized spacial score (nSPS) is 14.8. The number of carbonyl (C=O) groups is 2. The Balaban J connectivity index is 6.51. The Labute approximate surface area is 166 Å². The van der Waals surface area contributed by atoms with Gasteiger partial charge in [-0.3, -0.25) is 4.79 Å². The third kappa shape index (κ3) is 4.04. The van der Waals surface area contributed by atoms with Crippen LogP contribution in [0.5, 0.6) is 0 Å². The molecule has 0 aliphatic carbocycles. The van der Waals surface area contributed by atoms with Crippen LogP contribution in [0.4, 0.5) is 65.9 Å². The van der Waals surface area contributed by atoms with Crippen molar-refractivity contribution in [1.82, 2.24) is 5.06 Å². The zero-order valence-electron chi connectivity index (χ0n) is 15.0. The van der Waals surface area contributed by atoms with Crippen molar-refractivity contribution in [2.24, 2.45) is 0 Å². The summed E-state index contributed by atoms with van der Waals surface area (Å²) in [7, 11) is -0.157. The summed E-state index contributed by atoms with van der Waals surface area (Å²) in [6.45, 7) is 3.58. The van der Waals surface area contributed by atoms with Crippen LogP contribution in [0.15, 0.2) is 12.2 Å². The van der Waals surface area contributed by atoms with Crippen molar-refractivity contribution in [2.45, 2.75) is 48.6 Å². The second-order valence-corrected chi connectivity index (χ2v) is 5.91. The zero-order chi connectivity index (χ0) is 26.5. The molecule has 0 aromatic carbocycles. The van der Waals surface area contributed by atoms with Gasteiger partial charge in [0.2, 0.25) is 0 Å². The van der Waals surface area contributed by atoms with E-state index in [4.69, 9.17) is 0 Å². The monoisotopic (exact) mass is 511 g/mol. The van der Waals surface area contributed by atoms with Crippen molar-refractivity contribution in [3.63, 3.8) is 0 Å². The van der Waals surface area contributed by atoms with E-state index in [0.717, 1.165) is 6.92 Å². The van der Waals surface area contributed by atoms with Gasteiger partial charge in [-0.15, -0.1) is 0 Å². The highest BCUT2D eigenvalue weighted by Gasteiger charge is 2.94. The average Bonchev–Trinajstić information content (AvgIpc) is 2.58. The first-order valence-electron chi connectivity index (χ1n) is 7.15. The lowest BCUT2D eigenvalue weighted by Gasteiger charge is -2.41. The summed E-state index contributed by atoms with van der Waals surface area (Å²) in [4.78, 5) is 25.9.